The number of amides is 1. The normalized spacial score (nSPS) is 12.4. The van der Waals surface area contributed by atoms with Gasteiger partial charge in [-0.05, 0) is 34.4 Å². The second-order valence-electron chi connectivity index (χ2n) is 6.02. The molecule has 0 saturated carbocycles. The van der Waals surface area contributed by atoms with Crippen molar-refractivity contribution in [2.45, 2.75) is 12.1 Å². The van der Waals surface area contributed by atoms with E-state index in [9.17, 15) is 18.0 Å². The Hall–Kier alpha value is -3.12. The van der Waals surface area contributed by atoms with Crippen LogP contribution >= 0.6 is 0 Å². The average Bonchev–Trinajstić information content (AvgIpc) is 2.68. The molecule has 0 aliphatic rings. The molecule has 0 saturated heterocycles. The first-order valence-electron chi connectivity index (χ1n) is 8.16. The van der Waals surface area contributed by atoms with Gasteiger partial charge in [-0.15, -0.1) is 0 Å². The minimum Gasteiger partial charge on any atom is -0.289 e. The Morgan fingerprint density at radius 2 is 1.44 bits per heavy atom. The molecular formula is C21H16F3NO2. The van der Waals surface area contributed by atoms with Crippen LogP contribution in [-0.4, -0.2) is 11.1 Å². The zero-order chi connectivity index (χ0) is 19.4. The van der Waals surface area contributed by atoms with Gasteiger partial charge in [-0.3, -0.25) is 10.0 Å². The molecule has 0 heterocycles. The summed E-state index contributed by atoms with van der Waals surface area (Å²) >= 11 is 0. The second kappa shape index (κ2) is 7.63. The number of alkyl halides is 3. The van der Waals surface area contributed by atoms with Crippen molar-refractivity contribution in [3.05, 3.63) is 95.6 Å². The predicted octanol–water partition coefficient (Wildman–Crippen LogP) is 5.01. The zero-order valence-corrected chi connectivity index (χ0v) is 14.1. The quantitative estimate of drug-likeness (QED) is 0.500. The van der Waals surface area contributed by atoms with E-state index in [0.29, 0.717) is 22.3 Å². The van der Waals surface area contributed by atoms with E-state index in [1.165, 1.54) is 12.1 Å². The third-order valence-corrected chi connectivity index (χ3v) is 4.27. The van der Waals surface area contributed by atoms with Crippen molar-refractivity contribution < 1.29 is 23.2 Å². The topological polar surface area (TPSA) is 49.3 Å². The highest BCUT2D eigenvalue weighted by molar-refractivity contribution is 5.86. The number of benzene rings is 3. The van der Waals surface area contributed by atoms with Crippen molar-refractivity contribution in [3.63, 3.8) is 0 Å². The van der Waals surface area contributed by atoms with Crippen molar-refractivity contribution in [1.29, 1.82) is 0 Å². The summed E-state index contributed by atoms with van der Waals surface area (Å²) in [5, 5.41) is 9.11. The largest absolute Gasteiger partial charge is 0.416 e. The van der Waals surface area contributed by atoms with Gasteiger partial charge in [0.2, 0.25) is 0 Å². The maximum Gasteiger partial charge on any atom is 0.416 e. The van der Waals surface area contributed by atoms with Crippen LogP contribution in [0.5, 0.6) is 0 Å². The predicted molar refractivity (Wildman–Crippen MR) is 95.1 cm³/mol. The summed E-state index contributed by atoms with van der Waals surface area (Å²) in [6.07, 6.45) is -4.39. The van der Waals surface area contributed by atoms with Gasteiger partial charge in [-0.1, -0.05) is 66.7 Å². The van der Waals surface area contributed by atoms with Crippen molar-refractivity contribution >= 4 is 5.91 Å². The Bertz CT molecular complexity index is 922. The van der Waals surface area contributed by atoms with Crippen molar-refractivity contribution in [2.75, 3.05) is 0 Å². The van der Waals surface area contributed by atoms with Crippen molar-refractivity contribution in [3.8, 4) is 11.1 Å². The molecule has 3 aromatic carbocycles. The summed E-state index contributed by atoms with van der Waals surface area (Å²) in [6, 6.07) is 20.7. The Labute approximate surface area is 154 Å². The molecule has 0 aliphatic carbocycles. The number of halogens is 3. The average molecular weight is 371 g/mol. The number of nitrogens with one attached hydrogen (secondary N) is 1. The van der Waals surface area contributed by atoms with Crippen LogP contribution in [0.1, 0.15) is 22.6 Å². The van der Waals surface area contributed by atoms with Crippen molar-refractivity contribution in [1.82, 2.24) is 5.48 Å². The zero-order valence-electron chi connectivity index (χ0n) is 14.1. The van der Waals surface area contributed by atoms with Gasteiger partial charge in [0.15, 0.2) is 0 Å². The van der Waals surface area contributed by atoms with Gasteiger partial charge in [0.1, 0.15) is 0 Å². The number of carbonyl (C=O) groups is 1. The second-order valence-corrected chi connectivity index (χ2v) is 6.02. The number of hydrogen-bond acceptors (Lipinski definition) is 2. The molecule has 138 valence electrons. The Kier molecular flexibility index (Phi) is 5.28. The number of hydroxylamine groups is 1. The molecular weight excluding hydrogens is 355 g/mol. The lowest BCUT2D eigenvalue weighted by Crippen LogP contribution is -2.27. The van der Waals surface area contributed by atoms with Crippen LogP contribution in [0.2, 0.25) is 0 Å². The van der Waals surface area contributed by atoms with E-state index < -0.39 is 23.6 Å². The van der Waals surface area contributed by atoms with Crippen LogP contribution in [0, 0.1) is 0 Å². The molecule has 1 unspecified atom stereocenters. The first-order chi connectivity index (χ1) is 12.9. The van der Waals surface area contributed by atoms with E-state index in [1.54, 1.807) is 54.0 Å². The monoisotopic (exact) mass is 371 g/mol. The maximum atomic E-state index is 12.7. The SMILES string of the molecule is O=C(NO)C(c1ccccc1)c1cccc(-c2ccc(C(F)(F)F)cc2)c1. The molecule has 2 N–H and O–H groups in total. The minimum absolute atomic E-state index is 0.592. The molecule has 3 aromatic rings. The summed E-state index contributed by atoms with van der Waals surface area (Å²) in [5.41, 5.74) is 3.54. The molecule has 0 bridgehead atoms. The lowest BCUT2D eigenvalue weighted by atomic mass is 9.89. The molecule has 0 aromatic heterocycles. The van der Waals surface area contributed by atoms with E-state index in [-0.39, 0.29) is 0 Å². The summed E-state index contributed by atoms with van der Waals surface area (Å²) in [6.45, 7) is 0. The van der Waals surface area contributed by atoms with Gasteiger partial charge in [0.25, 0.3) is 5.91 Å². The number of rotatable bonds is 4. The standard InChI is InChI=1S/C21H16F3NO2/c22-21(23,24)18-11-9-14(10-12-18)16-7-4-8-17(13-16)19(20(26)25-27)15-5-2-1-3-6-15/h1-13,19,27H,(H,25,26). The molecule has 0 fully saturated rings. The molecule has 3 rings (SSSR count). The van der Waals surface area contributed by atoms with E-state index >= 15 is 0 Å². The molecule has 3 nitrogen and oxygen atoms in total. The fourth-order valence-electron chi connectivity index (χ4n) is 2.95. The molecule has 1 atom stereocenters. The van der Waals surface area contributed by atoms with Gasteiger partial charge in [0, 0.05) is 0 Å². The molecule has 6 heteroatoms. The number of carbonyl (C=O) groups excluding carboxylic acids is 1. The molecule has 0 spiro atoms. The first-order valence-corrected chi connectivity index (χ1v) is 8.16. The van der Waals surface area contributed by atoms with Gasteiger partial charge in [-0.25, -0.2) is 5.48 Å². The molecule has 0 aliphatic heterocycles. The highest BCUT2D eigenvalue weighted by Crippen LogP contribution is 2.32. The molecule has 1 amide bonds. The third-order valence-electron chi connectivity index (χ3n) is 4.27. The summed E-state index contributed by atoms with van der Waals surface area (Å²) in [7, 11) is 0. The van der Waals surface area contributed by atoms with Crippen LogP contribution in [0.4, 0.5) is 13.2 Å². The summed E-state index contributed by atoms with van der Waals surface area (Å²) < 4.78 is 38.2. The lowest BCUT2D eigenvalue weighted by molar-refractivity contribution is -0.137. The minimum atomic E-state index is -4.39. The van der Waals surface area contributed by atoms with E-state index in [4.69, 9.17) is 5.21 Å². The van der Waals surface area contributed by atoms with Crippen LogP contribution < -0.4 is 5.48 Å². The summed E-state index contributed by atoms with van der Waals surface area (Å²) in [4.78, 5) is 12.2. The Balaban J connectivity index is 2.00. The fraction of sp³-hybridized carbons (Fsp3) is 0.0952. The van der Waals surface area contributed by atoms with Crippen LogP contribution in [0.15, 0.2) is 78.9 Å². The lowest BCUT2D eigenvalue weighted by Gasteiger charge is -2.17. The van der Waals surface area contributed by atoms with E-state index in [1.807, 2.05) is 6.07 Å². The van der Waals surface area contributed by atoms with Gasteiger partial charge in [0.05, 0.1) is 11.5 Å². The highest BCUT2D eigenvalue weighted by atomic mass is 19.4. The Morgan fingerprint density at radius 1 is 0.815 bits per heavy atom. The Morgan fingerprint density at radius 3 is 2.04 bits per heavy atom. The third kappa shape index (κ3) is 4.17. The summed E-state index contributed by atoms with van der Waals surface area (Å²) in [5.74, 6) is -1.34. The van der Waals surface area contributed by atoms with Crippen LogP contribution in [0.3, 0.4) is 0 Å². The molecule has 27 heavy (non-hydrogen) atoms. The first kappa shape index (κ1) is 18.7. The maximum absolute atomic E-state index is 12.7. The van der Waals surface area contributed by atoms with Gasteiger partial charge >= 0.3 is 6.18 Å². The van der Waals surface area contributed by atoms with Gasteiger partial charge < -0.3 is 0 Å². The van der Waals surface area contributed by atoms with Crippen LogP contribution in [0.25, 0.3) is 11.1 Å². The van der Waals surface area contributed by atoms with E-state index in [2.05, 4.69) is 0 Å². The van der Waals surface area contributed by atoms with Gasteiger partial charge in [-0.2, -0.15) is 13.2 Å². The highest BCUT2D eigenvalue weighted by Gasteiger charge is 2.30. The molecule has 0 radical (unpaired) electrons. The fourth-order valence-corrected chi connectivity index (χ4v) is 2.95. The smallest absolute Gasteiger partial charge is 0.289 e. The van der Waals surface area contributed by atoms with Crippen molar-refractivity contribution in [2.24, 2.45) is 0 Å². The number of hydrogen-bond donors (Lipinski definition) is 2. The van der Waals surface area contributed by atoms with E-state index in [0.717, 1.165) is 12.1 Å². The van der Waals surface area contributed by atoms with Crippen LogP contribution in [-0.2, 0) is 11.0 Å².